The molecule has 0 aliphatic carbocycles. The van der Waals surface area contributed by atoms with Gasteiger partial charge in [0.15, 0.2) is 0 Å². The van der Waals surface area contributed by atoms with Crippen LogP contribution >= 0.6 is 0 Å². The maximum atomic E-state index is 12.5. The fourth-order valence-electron chi connectivity index (χ4n) is 2.97. The van der Waals surface area contributed by atoms with Crippen LogP contribution in [-0.4, -0.2) is 23.3 Å². The van der Waals surface area contributed by atoms with Crippen molar-refractivity contribution >= 4 is 17.5 Å². The van der Waals surface area contributed by atoms with Gasteiger partial charge in [-0.05, 0) is 48.2 Å². The van der Waals surface area contributed by atoms with Crippen LogP contribution in [0.4, 0.5) is 5.69 Å². The molecular weight excluding hydrogens is 300 g/mol. The van der Waals surface area contributed by atoms with Gasteiger partial charge < -0.3 is 10.2 Å². The van der Waals surface area contributed by atoms with E-state index in [0.717, 1.165) is 30.6 Å². The second-order valence-corrected chi connectivity index (χ2v) is 6.13. The highest BCUT2D eigenvalue weighted by atomic mass is 16.2. The minimum absolute atomic E-state index is 0.127. The minimum Gasteiger partial charge on any atom is -0.338 e. The number of anilines is 1. The minimum atomic E-state index is -0.127. The van der Waals surface area contributed by atoms with Crippen LogP contribution in [-0.2, 0) is 17.8 Å². The van der Waals surface area contributed by atoms with Gasteiger partial charge in [-0.3, -0.25) is 9.59 Å². The molecule has 1 aliphatic rings. The molecular formula is C20H22N2O2. The van der Waals surface area contributed by atoms with E-state index in [1.807, 2.05) is 47.4 Å². The van der Waals surface area contributed by atoms with Crippen LogP contribution in [0.15, 0.2) is 48.5 Å². The van der Waals surface area contributed by atoms with E-state index in [9.17, 15) is 9.59 Å². The van der Waals surface area contributed by atoms with Crippen molar-refractivity contribution in [1.82, 2.24) is 4.90 Å². The first-order valence-electron chi connectivity index (χ1n) is 8.42. The number of benzene rings is 2. The van der Waals surface area contributed by atoms with Crippen LogP contribution in [0.2, 0.25) is 0 Å². The Labute approximate surface area is 142 Å². The molecule has 0 aromatic heterocycles. The highest BCUT2D eigenvalue weighted by Crippen LogP contribution is 2.17. The van der Waals surface area contributed by atoms with Crippen LogP contribution in [0.3, 0.4) is 0 Å². The topological polar surface area (TPSA) is 49.4 Å². The lowest BCUT2D eigenvalue weighted by molar-refractivity contribution is -0.128. The molecule has 124 valence electrons. The Bertz CT molecular complexity index is 755. The zero-order valence-corrected chi connectivity index (χ0v) is 13.9. The average molecular weight is 322 g/mol. The number of nitrogens with one attached hydrogen (secondary N) is 1. The average Bonchev–Trinajstić information content (AvgIpc) is 3.00. The first-order chi connectivity index (χ1) is 11.7. The molecule has 4 nitrogen and oxygen atoms in total. The van der Waals surface area contributed by atoms with Crippen molar-refractivity contribution in [1.29, 1.82) is 0 Å². The molecule has 3 rings (SSSR count). The van der Waals surface area contributed by atoms with Gasteiger partial charge in [-0.1, -0.05) is 31.2 Å². The molecule has 1 aliphatic heterocycles. The van der Waals surface area contributed by atoms with E-state index in [1.54, 1.807) is 6.07 Å². The van der Waals surface area contributed by atoms with Crippen LogP contribution in [0, 0.1) is 0 Å². The molecule has 0 radical (unpaired) electrons. The molecule has 2 amide bonds. The standard InChI is InChI=1S/C20H22N2O2/c1-2-15-6-4-9-18(13-15)21-20(24)17-8-3-7-16(12-17)14-22-11-5-10-19(22)23/h3-4,6-9,12-13H,2,5,10-11,14H2,1H3,(H,21,24). The zero-order valence-electron chi connectivity index (χ0n) is 13.9. The van der Waals surface area contributed by atoms with Gasteiger partial charge in [0, 0.05) is 30.8 Å². The van der Waals surface area contributed by atoms with Crippen molar-refractivity contribution < 1.29 is 9.59 Å². The molecule has 4 heteroatoms. The molecule has 1 heterocycles. The molecule has 0 atom stereocenters. The van der Waals surface area contributed by atoms with Gasteiger partial charge in [0.2, 0.25) is 5.91 Å². The molecule has 2 aromatic carbocycles. The predicted molar refractivity (Wildman–Crippen MR) is 94.9 cm³/mol. The highest BCUT2D eigenvalue weighted by Gasteiger charge is 2.20. The van der Waals surface area contributed by atoms with Crippen molar-refractivity contribution in [2.45, 2.75) is 32.7 Å². The SMILES string of the molecule is CCc1cccc(NC(=O)c2cccc(CN3CCCC3=O)c2)c1. The molecule has 1 N–H and O–H groups in total. The van der Waals surface area contributed by atoms with E-state index >= 15 is 0 Å². The van der Waals surface area contributed by atoms with Crippen molar-refractivity contribution in [3.05, 3.63) is 65.2 Å². The fourth-order valence-corrected chi connectivity index (χ4v) is 2.97. The molecule has 24 heavy (non-hydrogen) atoms. The summed E-state index contributed by atoms with van der Waals surface area (Å²) >= 11 is 0. The van der Waals surface area contributed by atoms with Gasteiger partial charge in [-0.15, -0.1) is 0 Å². The maximum absolute atomic E-state index is 12.5. The van der Waals surface area contributed by atoms with E-state index < -0.39 is 0 Å². The number of aryl methyl sites for hydroxylation is 1. The second-order valence-electron chi connectivity index (χ2n) is 6.13. The fraction of sp³-hybridized carbons (Fsp3) is 0.300. The third kappa shape index (κ3) is 3.82. The quantitative estimate of drug-likeness (QED) is 0.914. The van der Waals surface area contributed by atoms with Gasteiger partial charge in [0.1, 0.15) is 0 Å². The second kappa shape index (κ2) is 7.30. The first kappa shape index (κ1) is 16.2. The van der Waals surface area contributed by atoms with Gasteiger partial charge >= 0.3 is 0 Å². The van der Waals surface area contributed by atoms with Gasteiger partial charge in [0.05, 0.1) is 0 Å². The summed E-state index contributed by atoms with van der Waals surface area (Å²) in [5.74, 6) is 0.0686. The van der Waals surface area contributed by atoms with Gasteiger partial charge in [-0.2, -0.15) is 0 Å². The number of carbonyl (C=O) groups is 2. The third-order valence-electron chi connectivity index (χ3n) is 4.33. The molecule has 0 saturated carbocycles. The molecule has 0 spiro atoms. The van der Waals surface area contributed by atoms with Crippen LogP contribution < -0.4 is 5.32 Å². The Kier molecular flexibility index (Phi) is 4.94. The molecule has 2 aromatic rings. The van der Waals surface area contributed by atoms with E-state index in [1.165, 1.54) is 5.56 Å². The lowest BCUT2D eigenvalue weighted by atomic mass is 10.1. The monoisotopic (exact) mass is 322 g/mol. The Morgan fingerprint density at radius 2 is 1.92 bits per heavy atom. The number of hydrogen-bond acceptors (Lipinski definition) is 2. The van der Waals surface area contributed by atoms with E-state index in [0.29, 0.717) is 18.5 Å². The molecule has 0 unspecified atom stereocenters. The summed E-state index contributed by atoms with van der Waals surface area (Å²) in [6.45, 7) is 3.47. The Morgan fingerprint density at radius 1 is 1.12 bits per heavy atom. The van der Waals surface area contributed by atoms with Gasteiger partial charge in [0.25, 0.3) is 5.91 Å². The summed E-state index contributed by atoms with van der Waals surface area (Å²) < 4.78 is 0. The summed E-state index contributed by atoms with van der Waals surface area (Å²) in [5.41, 5.74) is 3.59. The molecule has 1 saturated heterocycles. The Hall–Kier alpha value is -2.62. The van der Waals surface area contributed by atoms with Crippen LogP contribution in [0.25, 0.3) is 0 Å². The largest absolute Gasteiger partial charge is 0.338 e. The molecule has 1 fully saturated rings. The number of rotatable bonds is 5. The smallest absolute Gasteiger partial charge is 0.255 e. The number of carbonyl (C=O) groups excluding carboxylic acids is 2. The first-order valence-corrected chi connectivity index (χ1v) is 8.42. The highest BCUT2D eigenvalue weighted by molar-refractivity contribution is 6.04. The number of likely N-dealkylation sites (tertiary alicyclic amines) is 1. The number of nitrogens with zero attached hydrogens (tertiary/aromatic N) is 1. The van der Waals surface area contributed by atoms with Crippen molar-refractivity contribution in [3.8, 4) is 0 Å². The maximum Gasteiger partial charge on any atom is 0.255 e. The van der Waals surface area contributed by atoms with Crippen LogP contribution in [0.1, 0.15) is 41.3 Å². The van der Waals surface area contributed by atoms with Crippen molar-refractivity contribution in [3.63, 3.8) is 0 Å². The van der Waals surface area contributed by atoms with Gasteiger partial charge in [-0.25, -0.2) is 0 Å². The van der Waals surface area contributed by atoms with Crippen molar-refractivity contribution in [2.24, 2.45) is 0 Å². The number of hydrogen-bond donors (Lipinski definition) is 1. The zero-order chi connectivity index (χ0) is 16.9. The lowest BCUT2D eigenvalue weighted by Gasteiger charge is -2.16. The summed E-state index contributed by atoms with van der Waals surface area (Å²) in [6, 6.07) is 15.4. The van der Waals surface area contributed by atoms with Crippen molar-refractivity contribution in [2.75, 3.05) is 11.9 Å². The summed E-state index contributed by atoms with van der Waals surface area (Å²) in [6.07, 6.45) is 2.49. The lowest BCUT2D eigenvalue weighted by Crippen LogP contribution is -2.24. The van der Waals surface area contributed by atoms with E-state index in [2.05, 4.69) is 12.2 Å². The Morgan fingerprint density at radius 3 is 2.67 bits per heavy atom. The third-order valence-corrected chi connectivity index (χ3v) is 4.33. The van der Waals surface area contributed by atoms with E-state index in [-0.39, 0.29) is 11.8 Å². The number of amides is 2. The molecule has 0 bridgehead atoms. The normalized spacial score (nSPS) is 14.0. The summed E-state index contributed by atoms with van der Waals surface area (Å²) in [5, 5.41) is 2.94. The van der Waals surface area contributed by atoms with E-state index in [4.69, 9.17) is 0 Å². The summed E-state index contributed by atoms with van der Waals surface area (Å²) in [4.78, 5) is 26.1. The Balaban J connectivity index is 1.70. The predicted octanol–water partition coefficient (Wildman–Crippen LogP) is 3.62. The summed E-state index contributed by atoms with van der Waals surface area (Å²) in [7, 11) is 0. The van der Waals surface area contributed by atoms with Crippen LogP contribution in [0.5, 0.6) is 0 Å².